The van der Waals surface area contributed by atoms with Crippen molar-refractivity contribution in [3.63, 3.8) is 0 Å². The molecule has 0 spiro atoms. The lowest BCUT2D eigenvalue weighted by atomic mass is 10.0. The average molecular weight is 124 g/mol. The van der Waals surface area contributed by atoms with E-state index in [4.69, 9.17) is 0 Å². The third kappa shape index (κ3) is 0.640. The number of allylic oxidation sites excluding steroid dienone is 4. The predicted molar refractivity (Wildman–Crippen MR) is 34.5 cm³/mol. The van der Waals surface area contributed by atoms with Crippen LogP contribution in [0, 0.1) is 11.3 Å². The molecule has 0 saturated heterocycles. The molecule has 0 aromatic heterocycles. The fraction of sp³-hybridized carbons (Fsp3) is 0.500. The van der Waals surface area contributed by atoms with Gasteiger partial charge in [-0.15, -0.1) is 0 Å². The summed E-state index contributed by atoms with van der Waals surface area (Å²) in [5.41, 5.74) is 0.193. The molecule has 0 radical (unpaired) electrons. The minimum atomic E-state index is -0.0637. The van der Waals surface area contributed by atoms with E-state index in [0.29, 0.717) is 5.92 Å². The first-order valence-corrected chi connectivity index (χ1v) is 3.27. The second-order valence-corrected chi connectivity index (χ2v) is 3.20. The minimum Gasteiger partial charge on any atom is -0.207 e. The molecule has 48 valence electrons. The molecular weight excluding hydrogens is 115 g/mol. The van der Waals surface area contributed by atoms with Crippen molar-refractivity contribution in [3.05, 3.63) is 24.1 Å². The second kappa shape index (κ2) is 1.28. The summed E-state index contributed by atoms with van der Waals surface area (Å²) in [5.74, 6) is 0.572. The lowest BCUT2D eigenvalue weighted by molar-refractivity contribution is 0.600. The molecule has 0 nitrogen and oxygen atoms in total. The Morgan fingerprint density at radius 3 is 3.11 bits per heavy atom. The molecule has 0 aliphatic heterocycles. The molecule has 2 rings (SSSR count). The zero-order valence-electron chi connectivity index (χ0n) is 5.39. The second-order valence-electron chi connectivity index (χ2n) is 3.20. The molecule has 2 unspecified atom stereocenters. The lowest BCUT2D eigenvalue weighted by Gasteiger charge is -2.04. The Bertz CT molecular complexity index is 203. The third-order valence-electron chi connectivity index (χ3n) is 2.30. The largest absolute Gasteiger partial charge is 0.207 e. The molecular formula is C8H9F. The van der Waals surface area contributed by atoms with Crippen LogP contribution >= 0.6 is 0 Å². The zero-order chi connectivity index (χ0) is 6.48. The quantitative estimate of drug-likeness (QED) is 0.465. The fourth-order valence-corrected chi connectivity index (χ4v) is 1.44. The van der Waals surface area contributed by atoms with Crippen molar-refractivity contribution in [3.8, 4) is 0 Å². The fourth-order valence-electron chi connectivity index (χ4n) is 1.44. The van der Waals surface area contributed by atoms with E-state index in [9.17, 15) is 4.39 Å². The lowest BCUT2D eigenvalue weighted by Crippen LogP contribution is -1.94. The van der Waals surface area contributed by atoms with Crippen LogP contribution in [0.4, 0.5) is 4.39 Å². The Hall–Kier alpha value is -0.590. The van der Waals surface area contributed by atoms with Gasteiger partial charge in [-0.2, -0.15) is 0 Å². The van der Waals surface area contributed by atoms with Gasteiger partial charge in [-0.25, -0.2) is 4.39 Å². The van der Waals surface area contributed by atoms with Crippen molar-refractivity contribution >= 4 is 0 Å². The van der Waals surface area contributed by atoms with Crippen molar-refractivity contribution in [1.29, 1.82) is 0 Å². The molecule has 0 heterocycles. The van der Waals surface area contributed by atoms with Gasteiger partial charge < -0.3 is 0 Å². The van der Waals surface area contributed by atoms with Gasteiger partial charge in [0.1, 0.15) is 5.83 Å². The van der Waals surface area contributed by atoms with Gasteiger partial charge in [-0.3, -0.25) is 0 Å². The summed E-state index contributed by atoms with van der Waals surface area (Å²) in [5, 5.41) is 0. The van der Waals surface area contributed by atoms with E-state index in [0.717, 1.165) is 6.42 Å². The van der Waals surface area contributed by atoms with Crippen LogP contribution in [0.25, 0.3) is 0 Å². The van der Waals surface area contributed by atoms with Gasteiger partial charge in [0.15, 0.2) is 0 Å². The highest BCUT2D eigenvalue weighted by molar-refractivity contribution is 5.31. The maximum atomic E-state index is 12.5. The summed E-state index contributed by atoms with van der Waals surface area (Å²) >= 11 is 0. The predicted octanol–water partition coefficient (Wildman–Crippen LogP) is 2.44. The number of hydrogen-bond donors (Lipinski definition) is 0. The van der Waals surface area contributed by atoms with Gasteiger partial charge >= 0.3 is 0 Å². The smallest absolute Gasteiger partial charge is 0.119 e. The Kier molecular flexibility index (Phi) is 0.743. The minimum absolute atomic E-state index is 0.0637. The van der Waals surface area contributed by atoms with Crippen LogP contribution in [0.3, 0.4) is 0 Å². The first-order chi connectivity index (χ1) is 4.21. The zero-order valence-corrected chi connectivity index (χ0v) is 5.39. The Morgan fingerprint density at radius 2 is 2.56 bits per heavy atom. The SMILES string of the molecule is CC12C=C(F)C=CC1C2. The summed E-state index contributed by atoms with van der Waals surface area (Å²) in [6.07, 6.45) is 6.41. The van der Waals surface area contributed by atoms with Crippen molar-refractivity contribution in [2.24, 2.45) is 11.3 Å². The van der Waals surface area contributed by atoms with Crippen LogP contribution in [0.5, 0.6) is 0 Å². The summed E-state index contributed by atoms with van der Waals surface area (Å²) in [6.45, 7) is 2.10. The highest BCUT2D eigenvalue weighted by Crippen LogP contribution is 2.56. The Balaban J connectivity index is 2.34. The van der Waals surface area contributed by atoms with E-state index >= 15 is 0 Å². The first-order valence-electron chi connectivity index (χ1n) is 3.27. The number of fused-ring (bicyclic) bond motifs is 1. The van der Waals surface area contributed by atoms with Gasteiger partial charge in [0.05, 0.1) is 0 Å². The molecule has 0 bridgehead atoms. The molecule has 0 aromatic carbocycles. The Labute approximate surface area is 54.1 Å². The maximum Gasteiger partial charge on any atom is 0.119 e. The first kappa shape index (κ1) is 5.21. The highest BCUT2D eigenvalue weighted by atomic mass is 19.1. The van der Waals surface area contributed by atoms with Crippen molar-refractivity contribution in [1.82, 2.24) is 0 Å². The van der Waals surface area contributed by atoms with Crippen LogP contribution in [0.1, 0.15) is 13.3 Å². The van der Waals surface area contributed by atoms with E-state index in [1.165, 1.54) is 0 Å². The van der Waals surface area contributed by atoms with Gasteiger partial charge in [0, 0.05) is 0 Å². The molecule has 2 aliphatic carbocycles. The molecule has 1 fully saturated rings. The number of hydrogen-bond acceptors (Lipinski definition) is 0. The van der Waals surface area contributed by atoms with Gasteiger partial charge in [-0.1, -0.05) is 13.0 Å². The molecule has 0 N–H and O–H groups in total. The molecule has 9 heavy (non-hydrogen) atoms. The number of halogens is 1. The molecule has 2 aliphatic rings. The van der Waals surface area contributed by atoms with E-state index in [-0.39, 0.29) is 11.2 Å². The van der Waals surface area contributed by atoms with Crippen molar-refractivity contribution < 1.29 is 4.39 Å². The van der Waals surface area contributed by atoms with Crippen molar-refractivity contribution in [2.75, 3.05) is 0 Å². The van der Waals surface area contributed by atoms with E-state index in [1.54, 1.807) is 12.2 Å². The summed E-state index contributed by atoms with van der Waals surface area (Å²) in [7, 11) is 0. The maximum absolute atomic E-state index is 12.5. The standard InChI is InChI=1S/C8H9F/c1-8-4-6(8)2-3-7(9)5-8/h2-3,5-6H,4H2,1H3. The molecule has 1 heteroatoms. The Morgan fingerprint density at radius 1 is 1.78 bits per heavy atom. The van der Waals surface area contributed by atoms with Crippen LogP contribution in [-0.4, -0.2) is 0 Å². The highest BCUT2D eigenvalue weighted by Gasteiger charge is 2.48. The summed E-state index contributed by atoms with van der Waals surface area (Å²) in [6, 6.07) is 0. The molecule has 0 aromatic rings. The molecule has 2 atom stereocenters. The third-order valence-corrected chi connectivity index (χ3v) is 2.30. The average Bonchev–Trinajstić information content (AvgIpc) is 2.38. The van der Waals surface area contributed by atoms with Crippen LogP contribution < -0.4 is 0 Å². The summed E-state index contributed by atoms with van der Waals surface area (Å²) < 4.78 is 12.5. The van der Waals surface area contributed by atoms with E-state index in [2.05, 4.69) is 6.92 Å². The molecule has 0 amide bonds. The van der Waals surface area contributed by atoms with Crippen molar-refractivity contribution in [2.45, 2.75) is 13.3 Å². The van der Waals surface area contributed by atoms with Gasteiger partial charge in [0.25, 0.3) is 0 Å². The number of rotatable bonds is 0. The van der Waals surface area contributed by atoms with Crippen LogP contribution in [0.15, 0.2) is 24.1 Å². The van der Waals surface area contributed by atoms with Crippen LogP contribution in [0.2, 0.25) is 0 Å². The van der Waals surface area contributed by atoms with E-state index in [1.807, 2.05) is 6.08 Å². The van der Waals surface area contributed by atoms with E-state index < -0.39 is 0 Å². The topological polar surface area (TPSA) is 0 Å². The normalized spacial score (nSPS) is 46.0. The summed E-state index contributed by atoms with van der Waals surface area (Å²) in [4.78, 5) is 0. The molecule has 1 saturated carbocycles. The van der Waals surface area contributed by atoms with Gasteiger partial charge in [0.2, 0.25) is 0 Å². The monoisotopic (exact) mass is 124 g/mol. The van der Waals surface area contributed by atoms with Gasteiger partial charge in [-0.05, 0) is 29.9 Å². The van der Waals surface area contributed by atoms with Crippen LogP contribution in [-0.2, 0) is 0 Å².